The Balaban J connectivity index is 2.65. The molecule has 13 heavy (non-hydrogen) atoms. The van der Waals surface area contributed by atoms with Gasteiger partial charge in [0.25, 0.3) is 0 Å². The first-order chi connectivity index (χ1) is 5.96. The third-order valence-electron chi connectivity index (χ3n) is 2.86. The van der Waals surface area contributed by atoms with Crippen molar-refractivity contribution in [2.75, 3.05) is 7.11 Å². The van der Waals surface area contributed by atoms with E-state index < -0.39 is 6.10 Å². The fourth-order valence-corrected chi connectivity index (χ4v) is 1.97. The SMILES string of the molecule is COC(=O)[C@H]1CC(C)(C)CC[C@@H]1O. The van der Waals surface area contributed by atoms with Gasteiger partial charge in [-0.05, 0) is 24.7 Å². The van der Waals surface area contributed by atoms with Crippen molar-refractivity contribution in [1.29, 1.82) is 0 Å². The Hall–Kier alpha value is -0.570. The third kappa shape index (κ3) is 2.44. The molecular weight excluding hydrogens is 168 g/mol. The number of methoxy groups -OCH3 is 1. The van der Waals surface area contributed by atoms with Gasteiger partial charge in [0.1, 0.15) is 0 Å². The van der Waals surface area contributed by atoms with Crippen LogP contribution in [0.1, 0.15) is 33.1 Å². The van der Waals surface area contributed by atoms with E-state index >= 15 is 0 Å². The Bertz CT molecular complexity index is 198. The molecule has 0 aromatic heterocycles. The number of aliphatic hydroxyl groups is 1. The maximum Gasteiger partial charge on any atom is 0.311 e. The zero-order valence-electron chi connectivity index (χ0n) is 8.54. The smallest absolute Gasteiger partial charge is 0.311 e. The number of hydrogen-bond acceptors (Lipinski definition) is 3. The van der Waals surface area contributed by atoms with Crippen molar-refractivity contribution in [2.45, 2.75) is 39.2 Å². The van der Waals surface area contributed by atoms with Crippen molar-refractivity contribution < 1.29 is 14.6 Å². The van der Waals surface area contributed by atoms with Crippen molar-refractivity contribution in [3.8, 4) is 0 Å². The van der Waals surface area contributed by atoms with Crippen LogP contribution in [0.15, 0.2) is 0 Å². The lowest BCUT2D eigenvalue weighted by Gasteiger charge is -2.36. The predicted molar refractivity (Wildman–Crippen MR) is 49.1 cm³/mol. The lowest BCUT2D eigenvalue weighted by atomic mass is 9.71. The summed E-state index contributed by atoms with van der Waals surface area (Å²) in [5.41, 5.74) is 0.151. The average molecular weight is 186 g/mol. The van der Waals surface area contributed by atoms with Gasteiger partial charge in [-0.3, -0.25) is 4.79 Å². The standard InChI is InChI=1S/C10H18O3/c1-10(2)5-4-8(11)7(6-10)9(12)13-3/h7-8,11H,4-6H2,1-3H3/t7-,8-/m0/s1. The van der Waals surface area contributed by atoms with Gasteiger partial charge in [-0.2, -0.15) is 0 Å². The van der Waals surface area contributed by atoms with Crippen LogP contribution >= 0.6 is 0 Å². The minimum absolute atomic E-state index is 0.151. The molecule has 3 nitrogen and oxygen atoms in total. The fourth-order valence-electron chi connectivity index (χ4n) is 1.97. The van der Waals surface area contributed by atoms with Gasteiger partial charge < -0.3 is 9.84 Å². The van der Waals surface area contributed by atoms with Crippen LogP contribution in [-0.2, 0) is 9.53 Å². The molecule has 0 unspecified atom stereocenters. The highest BCUT2D eigenvalue weighted by molar-refractivity contribution is 5.73. The molecule has 1 aliphatic rings. The van der Waals surface area contributed by atoms with Gasteiger partial charge >= 0.3 is 5.97 Å². The van der Waals surface area contributed by atoms with Crippen molar-refractivity contribution in [2.24, 2.45) is 11.3 Å². The van der Waals surface area contributed by atoms with E-state index in [0.717, 1.165) is 12.8 Å². The number of aliphatic hydroxyl groups excluding tert-OH is 1. The number of carbonyl (C=O) groups is 1. The van der Waals surface area contributed by atoms with Crippen LogP contribution in [0.25, 0.3) is 0 Å². The molecular formula is C10H18O3. The molecule has 0 aromatic rings. The molecule has 1 aliphatic carbocycles. The normalized spacial score (nSPS) is 32.6. The number of carbonyl (C=O) groups excluding carboxylic acids is 1. The van der Waals surface area contributed by atoms with Crippen LogP contribution in [0, 0.1) is 11.3 Å². The van der Waals surface area contributed by atoms with Gasteiger partial charge in [0.05, 0.1) is 19.1 Å². The minimum atomic E-state index is -0.513. The van der Waals surface area contributed by atoms with Crippen molar-refractivity contribution in [3.05, 3.63) is 0 Å². The zero-order chi connectivity index (χ0) is 10.1. The van der Waals surface area contributed by atoms with Crippen LogP contribution < -0.4 is 0 Å². The maximum absolute atomic E-state index is 11.3. The van der Waals surface area contributed by atoms with Crippen LogP contribution in [0.4, 0.5) is 0 Å². The van der Waals surface area contributed by atoms with Gasteiger partial charge in [-0.25, -0.2) is 0 Å². The minimum Gasteiger partial charge on any atom is -0.469 e. The second-order valence-electron chi connectivity index (χ2n) is 4.60. The van der Waals surface area contributed by atoms with E-state index in [1.807, 2.05) is 0 Å². The van der Waals surface area contributed by atoms with E-state index in [1.54, 1.807) is 0 Å². The fraction of sp³-hybridized carbons (Fsp3) is 0.900. The topological polar surface area (TPSA) is 46.5 Å². The Morgan fingerprint density at radius 3 is 2.69 bits per heavy atom. The molecule has 76 valence electrons. The lowest BCUT2D eigenvalue weighted by molar-refractivity contribution is -0.153. The molecule has 2 atom stereocenters. The summed E-state index contributed by atoms with van der Waals surface area (Å²) in [6.45, 7) is 4.24. The Labute approximate surface area is 79.1 Å². The number of ether oxygens (including phenoxy) is 1. The van der Waals surface area contributed by atoms with Crippen LogP contribution in [-0.4, -0.2) is 24.3 Å². The van der Waals surface area contributed by atoms with Gasteiger partial charge in [0.15, 0.2) is 0 Å². The summed E-state index contributed by atoms with van der Waals surface area (Å²) < 4.78 is 4.65. The maximum atomic E-state index is 11.3. The molecule has 1 fully saturated rings. The molecule has 0 heterocycles. The number of esters is 1. The molecule has 3 heteroatoms. The third-order valence-corrected chi connectivity index (χ3v) is 2.86. The predicted octanol–water partition coefficient (Wildman–Crippen LogP) is 1.35. The van der Waals surface area contributed by atoms with Crippen molar-refractivity contribution in [1.82, 2.24) is 0 Å². The van der Waals surface area contributed by atoms with E-state index in [9.17, 15) is 9.90 Å². The van der Waals surface area contributed by atoms with Crippen molar-refractivity contribution in [3.63, 3.8) is 0 Å². The Morgan fingerprint density at radius 2 is 2.15 bits per heavy atom. The first-order valence-corrected chi connectivity index (χ1v) is 4.72. The molecule has 0 aromatic carbocycles. The summed E-state index contributed by atoms with van der Waals surface area (Å²) in [4.78, 5) is 11.3. The van der Waals surface area contributed by atoms with E-state index in [4.69, 9.17) is 0 Å². The second kappa shape index (κ2) is 3.66. The molecule has 1 rings (SSSR count). The van der Waals surface area contributed by atoms with E-state index in [1.165, 1.54) is 7.11 Å². The summed E-state index contributed by atoms with van der Waals surface area (Å²) in [5, 5.41) is 9.60. The molecule has 1 N–H and O–H groups in total. The van der Waals surface area contributed by atoms with Gasteiger partial charge in [-0.15, -0.1) is 0 Å². The average Bonchev–Trinajstić information content (AvgIpc) is 2.08. The van der Waals surface area contributed by atoms with Crippen molar-refractivity contribution >= 4 is 5.97 Å². The molecule has 0 saturated heterocycles. The molecule has 0 amide bonds. The summed E-state index contributed by atoms with van der Waals surface area (Å²) in [6, 6.07) is 0. The number of hydrogen-bond donors (Lipinski definition) is 1. The molecule has 0 spiro atoms. The first-order valence-electron chi connectivity index (χ1n) is 4.72. The molecule has 0 radical (unpaired) electrons. The summed E-state index contributed by atoms with van der Waals surface area (Å²) in [7, 11) is 1.37. The molecule has 0 bridgehead atoms. The first kappa shape index (κ1) is 10.5. The summed E-state index contributed by atoms with van der Waals surface area (Å²) in [6.07, 6.45) is 1.88. The Morgan fingerprint density at radius 1 is 1.54 bits per heavy atom. The van der Waals surface area contributed by atoms with Gasteiger partial charge in [-0.1, -0.05) is 13.8 Å². The van der Waals surface area contributed by atoms with E-state index in [2.05, 4.69) is 18.6 Å². The largest absolute Gasteiger partial charge is 0.469 e. The summed E-state index contributed by atoms with van der Waals surface area (Å²) >= 11 is 0. The highest BCUT2D eigenvalue weighted by atomic mass is 16.5. The van der Waals surface area contributed by atoms with E-state index in [-0.39, 0.29) is 17.3 Å². The highest BCUT2D eigenvalue weighted by Crippen LogP contribution is 2.39. The quantitative estimate of drug-likeness (QED) is 0.629. The Kier molecular flexibility index (Phi) is 2.96. The lowest BCUT2D eigenvalue weighted by Crippen LogP contribution is -2.38. The van der Waals surface area contributed by atoms with Crippen LogP contribution in [0.3, 0.4) is 0 Å². The highest BCUT2D eigenvalue weighted by Gasteiger charge is 2.38. The van der Waals surface area contributed by atoms with E-state index in [0.29, 0.717) is 6.42 Å². The monoisotopic (exact) mass is 186 g/mol. The number of rotatable bonds is 1. The molecule has 1 saturated carbocycles. The zero-order valence-corrected chi connectivity index (χ0v) is 8.54. The van der Waals surface area contributed by atoms with Gasteiger partial charge in [0.2, 0.25) is 0 Å². The van der Waals surface area contributed by atoms with Crippen LogP contribution in [0.2, 0.25) is 0 Å². The van der Waals surface area contributed by atoms with Crippen LogP contribution in [0.5, 0.6) is 0 Å². The van der Waals surface area contributed by atoms with Gasteiger partial charge in [0, 0.05) is 0 Å². The second-order valence-corrected chi connectivity index (χ2v) is 4.60. The molecule has 0 aliphatic heterocycles. The summed E-state index contributed by atoms with van der Waals surface area (Å²) in [5.74, 6) is -0.603.